The van der Waals surface area contributed by atoms with E-state index >= 15 is 0 Å². The van der Waals surface area contributed by atoms with E-state index in [-0.39, 0.29) is 0 Å². The number of fused-ring (bicyclic) bond motifs is 7. The number of hydrogen-bond acceptors (Lipinski definition) is 4. The van der Waals surface area contributed by atoms with Gasteiger partial charge in [0.05, 0.1) is 5.56 Å². The number of nitrogens with zero attached hydrogens (tertiary/aromatic N) is 2. The number of benzene rings is 10. The Labute approximate surface area is 384 Å². The third kappa shape index (κ3) is 7.31. The predicted molar refractivity (Wildman–Crippen MR) is 268 cm³/mol. The number of alkyl halides is 3. The van der Waals surface area contributed by atoms with Crippen molar-refractivity contribution < 1.29 is 22.0 Å². The summed E-state index contributed by atoms with van der Waals surface area (Å²) in [5.74, 6) is 0. The van der Waals surface area contributed by atoms with Gasteiger partial charge < -0.3 is 18.6 Å². The second-order valence-electron chi connectivity index (χ2n) is 17.0. The number of furan rings is 2. The highest BCUT2D eigenvalue weighted by molar-refractivity contribution is 6.15. The first-order chi connectivity index (χ1) is 32.7. The minimum Gasteiger partial charge on any atom is -0.456 e. The molecule has 0 aliphatic heterocycles. The molecule has 12 aromatic rings. The van der Waals surface area contributed by atoms with Crippen LogP contribution in [0.5, 0.6) is 0 Å². The van der Waals surface area contributed by atoms with Crippen molar-refractivity contribution in [2.24, 2.45) is 0 Å². The first kappa shape index (κ1) is 40.0. The van der Waals surface area contributed by atoms with Gasteiger partial charge in [0, 0.05) is 67.8 Å². The second kappa shape index (κ2) is 15.9. The summed E-state index contributed by atoms with van der Waals surface area (Å²) in [4.78, 5) is 4.09. The molecule has 0 N–H and O–H groups in total. The lowest BCUT2D eigenvalue weighted by atomic mass is 10.0. The predicted octanol–water partition coefficient (Wildman–Crippen LogP) is 18.2. The van der Waals surface area contributed by atoms with Crippen molar-refractivity contribution in [3.63, 3.8) is 0 Å². The van der Waals surface area contributed by atoms with Crippen molar-refractivity contribution in [2.75, 3.05) is 9.80 Å². The van der Waals surface area contributed by atoms with Crippen LogP contribution < -0.4 is 9.80 Å². The number of hydrogen-bond donors (Lipinski definition) is 0. The number of aryl methyl sites for hydroxylation is 1. The molecule has 4 nitrogen and oxygen atoms in total. The lowest BCUT2D eigenvalue weighted by Crippen LogP contribution is -2.12. The van der Waals surface area contributed by atoms with Gasteiger partial charge in [0.15, 0.2) is 0 Å². The van der Waals surface area contributed by atoms with Gasteiger partial charge in [-0.2, -0.15) is 13.2 Å². The Morgan fingerprint density at radius 3 is 1.19 bits per heavy atom. The van der Waals surface area contributed by atoms with Crippen molar-refractivity contribution in [1.82, 2.24) is 0 Å². The smallest absolute Gasteiger partial charge is 0.416 e. The van der Waals surface area contributed by atoms with Crippen LogP contribution in [0, 0.1) is 6.92 Å². The fourth-order valence-electron chi connectivity index (χ4n) is 9.40. The molecule has 0 atom stereocenters. The summed E-state index contributed by atoms with van der Waals surface area (Å²) in [6, 6.07) is 71.5. The summed E-state index contributed by atoms with van der Waals surface area (Å²) in [7, 11) is 0. The molecule has 0 radical (unpaired) electrons. The van der Waals surface area contributed by atoms with Gasteiger partial charge in [-0.1, -0.05) is 103 Å². The molecule has 0 aliphatic carbocycles. The van der Waals surface area contributed by atoms with E-state index in [1.807, 2.05) is 83.8 Å². The van der Waals surface area contributed by atoms with Crippen LogP contribution in [0.2, 0.25) is 0 Å². The second-order valence-corrected chi connectivity index (χ2v) is 17.0. The fourth-order valence-corrected chi connectivity index (χ4v) is 9.40. The minimum absolute atomic E-state index is 0.380. The summed E-state index contributed by atoms with van der Waals surface area (Å²) < 4.78 is 55.4. The summed E-state index contributed by atoms with van der Waals surface area (Å²) in [5.41, 5.74) is 12.5. The summed E-state index contributed by atoms with van der Waals surface area (Å²) in [6.45, 7) is 2.11. The molecule has 0 unspecified atom stereocenters. The maximum Gasteiger partial charge on any atom is 0.416 e. The van der Waals surface area contributed by atoms with Gasteiger partial charge in [0.25, 0.3) is 0 Å². The van der Waals surface area contributed by atoms with Gasteiger partial charge in [0.2, 0.25) is 0 Å². The van der Waals surface area contributed by atoms with Crippen LogP contribution in [0.25, 0.3) is 76.9 Å². The zero-order chi connectivity index (χ0) is 45.2. The molecule has 0 bridgehead atoms. The largest absolute Gasteiger partial charge is 0.456 e. The van der Waals surface area contributed by atoms with Crippen molar-refractivity contribution in [1.29, 1.82) is 0 Å². The molecule has 0 fully saturated rings. The Balaban J connectivity index is 0.923. The van der Waals surface area contributed by atoms with Crippen LogP contribution >= 0.6 is 0 Å². The van der Waals surface area contributed by atoms with E-state index in [2.05, 4.69) is 127 Å². The highest BCUT2D eigenvalue weighted by Gasteiger charge is 2.31. The van der Waals surface area contributed by atoms with Crippen LogP contribution in [0.4, 0.5) is 47.3 Å². The van der Waals surface area contributed by atoms with E-state index in [0.29, 0.717) is 28.2 Å². The van der Waals surface area contributed by atoms with E-state index in [1.54, 1.807) is 6.07 Å². The molecule has 7 heteroatoms. The van der Waals surface area contributed by atoms with Crippen LogP contribution in [0.3, 0.4) is 0 Å². The molecule has 12 rings (SSSR count). The minimum atomic E-state index is -4.50. The van der Waals surface area contributed by atoms with Gasteiger partial charge in [-0.25, -0.2) is 0 Å². The number of rotatable bonds is 8. The molecule has 10 aromatic carbocycles. The number of halogens is 3. The summed E-state index contributed by atoms with van der Waals surface area (Å²) in [5, 5.41) is 5.81. The van der Waals surface area contributed by atoms with Crippen molar-refractivity contribution >= 4 is 88.8 Å². The Morgan fingerprint density at radius 1 is 0.328 bits per heavy atom. The Kier molecular flexibility index (Phi) is 9.47. The van der Waals surface area contributed by atoms with Gasteiger partial charge in [-0.15, -0.1) is 0 Å². The zero-order valence-electron chi connectivity index (χ0n) is 36.1. The zero-order valence-corrected chi connectivity index (χ0v) is 36.1. The normalized spacial score (nSPS) is 11.9. The molecule has 67 heavy (non-hydrogen) atoms. The van der Waals surface area contributed by atoms with Crippen LogP contribution in [-0.4, -0.2) is 0 Å². The lowest BCUT2D eigenvalue weighted by Gasteiger charge is -2.26. The van der Waals surface area contributed by atoms with E-state index in [4.69, 9.17) is 8.83 Å². The highest BCUT2D eigenvalue weighted by Crippen LogP contribution is 2.44. The molecule has 322 valence electrons. The highest BCUT2D eigenvalue weighted by atomic mass is 19.4. The molecular weight excluding hydrogens is 838 g/mol. The monoisotopic (exact) mass is 876 g/mol. The van der Waals surface area contributed by atoms with Gasteiger partial charge >= 0.3 is 6.18 Å². The lowest BCUT2D eigenvalue weighted by molar-refractivity contribution is -0.137. The van der Waals surface area contributed by atoms with E-state index in [9.17, 15) is 13.2 Å². The molecule has 2 heterocycles. The third-order valence-corrected chi connectivity index (χ3v) is 12.7. The Hall–Kier alpha value is -8.55. The van der Waals surface area contributed by atoms with E-state index in [0.717, 1.165) is 83.3 Å². The summed E-state index contributed by atoms with van der Waals surface area (Å²) >= 11 is 0. The first-order valence-corrected chi connectivity index (χ1v) is 22.1. The first-order valence-electron chi connectivity index (χ1n) is 22.1. The van der Waals surface area contributed by atoms with Crippen molar-refractivity contribution in [2.45, 2.75) is 13.1 Å². The maximum atomic E-state index is 14.1. The number of anilines is 6. The van der Waals surface area contributed by atoms with Crippen molar-refractivity contribution in [3.05, 3.63) is 230 Å². The molecular formula is C60H39F3N2O2. The Morgan fingerprint density at radius 2 is 0.731 bits per heavy atom. The quantitative estimate of drug-likeness (QED) is 0.152. The molecule has 0 saturated heterocycles. The van der Waals surface area contributed by atoms with Crippen LogP contribution in [0.1, 0.15) is 11.1 Å². The topological polar surface area (TPSA) is 32.8 Å². The Bertz CT molecular complexity index is 3800. The van der Waals surface area contributed by atoms with Gasteiger partial charge in [-0.3, -0.25) is 0 Å². The average Bonchev–Trinajstić information content (AvgIpc) is 3.89. The van der Waals surface area contributed by atoms with Gasteiger partial charge in [-0.05, 0) is 149 Å². The maximum absolute atomic E-state index is 14.1. The third-order valence-electron chi connectivity index (χ3n) is 12.7. The van der Waals surface area contributed by atoms with Crippen LogP contribution in [0.15, 0.2) is 227 Å². The molecule has 0 spiro atoms. The summed E-state index contributed by atoms with van der Waals surface area (Å²) in [6.07, 6.45) is -4.50. The van der Waals surface area contributed by atoms with E-state index < -0.39 is 11.7 Å². The average molecular weight is 877 g/mol. The standard InChI is InChI=1S/C60H39F3N2O2/c1-38-10-8-16-48(30-38)64(46-22-18-41(19-23-46)39-11-4-2-5-12-39)50-26-28-52-54-31-43-34-57-55(32-44(43)33-56(54)66-58(52)36-50)53-29-27-51(37-59(53)67-57)65(49-17-9-15-45(35-49)60(61,62)63)47-24-20-42(21-25-47)40-13-6-3-7-14-40/h2-37H,1H3. The molecule has 2 aromatic heterocycles. The van der Waals surface area contributed by atoms with Crippen LogP contribution in [-0.2, 0) is 6.18 Å². The molecule has 0 saturated carbocycles. The van der Waals surface area contributed by atoms with Gasteiger partial charge in [0.1, 0.15) is 22.3 Å². The molecule has 0 amide bonds. The SMILES string of the molecule is Cc1cccc(N(c2ccc(-c3ccccc3)cc2)c2ccc3c(c2)oc2cc4cc5c(cc4cc23)oc2cc(N(c3ccc(-c4ccccc4)cc3)c3cccc(C(F)(F)F)c3)ccc25)c1. The van der Waals surface area contributed by atoms with E-state index in [1.165, 1.54) is 23.3 Å². The fraction of sp³-hybridized carbons (Fsp3) is 0.0333. The van der Waals surface area contributed by atoms with Crippen molar-refractivity contribution in [3.8, 4) is 22.3 Å². The molecule has 0 aliphatic rings.